The predicted octanol–water partition coefficient (Wildman–Crippen LogP) is 4.53. The average molecular weight is 364 g/mol. The van der Waals surface area contributed by atoms with E-state index in [9.17, 15) is 5.11 Å². The fraction of sp³-hybridized carbons (Fsp3) is 1.00. The first-order chi connectivity index (χ1) is 11.7. The van der Waals surface area contributed by atoms with Crippen LogP contribution in [-0.4, -0.2) is 49.1 Å². The molecule has 0 heterocycles. The third-order valence-corrected chi connectivity index (χ3v) is 7.40. The van der Waals surface area contributed by atoms with Crippen LogP contribution in [0.1, 0.15) is 77.6 Å². The summed E-state index contributed by atoms with van der Waals surface area (Å²) in [5.41, 5.74) is -0.367. The van der Waals surface area contributed by atoms with Gasteiger partial charge in [-0.05, 0) is 6.42 Å². The smallest absolute Gasteiger partial charge is 0.375 e. The molecule has 0 spiro atoms. The lowest BCUT2D eigenvalue weighted by atomic mass is 10.1. The second-order valence-corrected chi connectivity index (χ2v) is 9.33. The summed E-state index contributed by atoms with van der Waals surface area (Å²) in [6.45, 7) is 2.67. The van der Waals surface area contributed by atoms with Crippen molar-refractivity contribution < 1.29 is 23.1 Å². The number of ether oxygens (including phenoxy) is 1. The highest BCUT2D eigenvalue weighted by Gasteiger charge is 2.48. The van der Waals surface area contributed by atoms with E-state index in [1.54, 1.807) is 21.3 Å². The van der Waals surface area contributed by atoms with Crippen LogP contribution in [0.2, 0.25) is 0 Å². The molecule has 145 valence electrons. The molecule has 0 aromatic carbocycles. The first-order valence-corrected chi connectivity index (χ1v) is 11.4. The monoisotopic (exact) mass is 363 g/mol. The molecule has 0 bridgehead atoms. The SMILES string of the molecule is CCCCCCCCCCCCOC(CC[O])[Si](OC)(OC)OC. The molecule has 0 aromatic rings. The van der Waals surface area contributed by atoms with Crippen LogP contribution < -0.4 is 0 Å². The normalized spacial score (nSPS) is 13.4. The van der Waals surface area contributed by atoms with E-state index in [1.165, 1.54) is 57.8 Å². The van der Waals surface area contributed by atoms with Crippen molar-refractivity contribution >= 4 is 8.80 Å². The Balaban J connectivity index is 3.78. The van der Waals surface area contributed by atoms with Crippen LogP contribution in [0.4, 0.5) is 0 Å². The Bertz CT molecular complexity index is 254. The standard InChI is InChI=1S/C18H39O5Si/c1-5-6-7-8-9-10-11-12-13-14-17-23-18(15-16-19)24(20-2,21-3)22-4/h18H,5-17H2,1-4H3. The van der Waals surface area contributed by atoms with E-state index in [1.807, 2.05) is 0 Å². The van der Waals surface area contributed by atoms with E-state index < -0.39 is 8.80 Å². The van der Waals surface area contributed by atoms with Crippen LogP contribution >= 0.6 is 0 Å². The van der Waals surface area contributed by atoms with Gasteiger partial charge < -0.3 is 18.0 Å². The van der Waals surface area contributed by atoms with Gasteiger partial charge in [-0.25, -0.2) is 5.11 Å². The molecule has 1 unspecified atom stereocenters. The van der Waals surface area contributed by atoms with Crippen molar-refractivity contribution in [3.8, 4) is 0 Å². The Labute approximate surface area is 150 Å². The Kier molecular flexibility index (Phi) is 16.5. The summed E-state index contributed by atoms with van der Waals surface area (Å²) < 4.78 is 22.2. The molecule has 0 fully saturated rings. The van der Waals surface area contributed by atoms with Crippen LogP contribution in [0, 0.1) is 0 Å². The van der Waals surface area contributed by atoms with Gasteiger partial charge in [-0.1, -0.05) is 64.7 Å². The third kappa shape index (κ3) is 10.1. The number of rotatable bonds is 18. The molecule has 0 aliphatic rings. The summed E-state index contributed by atoms with van der Waals surface area (Å²) in [6.07, 6.45) is 13.3. The molecule has 0 aromatic heterocycles. The zero-order chi connectivity index (χ0) is 18.1. The van der Waals surface area contributed by atoms with Crippen molar-refractivity contribution in [1.29, 1.82) is 0 Å². The summed E-state index contributed by atoms with van der Waals surface area (Å²) in [4.78, 5) is 0. The van der Waals surface area contributed by atoms with E-state index in [2.05, 4.69) is 6.92 Å². The zero-order valence-corrected chi connectivity index (χ0v) is 17.3. The summed E-state index contributed by atoms with van der Waals surface area (Å²) in [7, 11) is 1.78. The molecule has 24 heavy (non-hydrogen) atoms. The minimum Gasteiger partial charge on any atom is -0.375 e. The Morgan fingerprint density at radius 1 is 0.750 bits per heavy atom. The van der Waals surface area contributed by atoms with E-state index >= 15 is 0 Å². The second-order valence-electron chi connectivity index (χ2n) is 6.25. The van der Waals surface area contributed by atoms with Gasteiger partial charge >= 0.3 is 8.80 Å². The molecule has 1 radical (unpaired) electrons. The molecule has 0 N–H and O–H groups in total. The highest BCUT2D eigenvalue weighted by molar-refractivity contribution is 6.62. The first-order valence-electron chi connectivity index (χ1n) is 9.55. The van der Waals surface area contributed by atoms with Crippen molar-refractivity contribution in [2.45, 2.75) is 83.3 Å². The molecule has 0 saturated heterocycles. The second kappa shape index (κ2) is 16.5. The molecule has 0 rings (SSSR count). The molecule has 1 atom stereocenters. The topological polar surface area (TPSA) is 56.8 Å². The predicted molar refractivity (Wildman–Crippen MR) is 98.5 cm³/mol. The minimum atomic E-state index is -2.89. The van der Waals surface area contributed by atoms with Gasteiger partial charge in [-0.15, -0.1) is 0 Å². The van der Waals surface area contributed by atoms with Crippen LogP contribution in [0.3, 0.4) is 0 Å². The van der Waals surface area contributed by atoms with E-state index in [-0.39, 0.29) is 12.3 Å². The van der Waals surface area contributed by atoms with Crippen LogP contribution in [0.5, 0.6) is 0 Å². The maximum atomic E-state index is 11.0. The third-order valence-electron chi connectivity index (χ3n) is 4.44. The van der Waals surface area contributed by atoms with E-state index in [0.717, 1.165) is 6.42 Å². The van der Waals surface area contributed by atoms with Gasteiger partial charge in [0.1, 0.15) is 5.73 Å². The van der Waals surface area contributed by atoms with Gasteiger partial charge in [0.25, 0.3) is 0 Å². The molecule has 6 heteroatoms. The van der Waals surface area contributed by atoms with Gasteiger partial charge in [-0.2, -0.15) is 0 Å². The van der Waals surface area contributed by atoms with Gasteiger partial charge in [0, 0.05) is 34.4 Å². The molecule has 0 amide bonds. The summed E-state index contributed by atoms with van der Waals surface area (Å²) in [5.74, 6) is 0. The van der Waals surface area contributed by atoms with Crippen molar-refractivity contribution in [3.63, 3.8) is 0 Å². The van der Waals surface area contributed by atoms with Crippen molar-refractivity contribution in [3.05, 3.63) is 0 Å². The molecule has 0 saturated carbocycles. The number of hydrogen-bond acceptors (Lipinski definition) is 4. The molecular formula is C18H39O5Si. The molecule has 0 aliphatic heterocycles. The fourth-order valence-electron chi connectivity index (χ4n) is 2.93. The lowest BCUT2D eigenvalue weighted by Crippen LogP contribution is -2.56. The Morgan fingerprint density at radius 2 is 1.21 bits per heavy atom. The lowest BCUT2D eigenvalue weighted by molar-refractivity contribution is -0.00323. The Hall–Kier alpha value is 0.0169. The highest BCUT2D eigenvalue weighted by atomic mass is 28.4. The maximum absolute atomic E-state index is 11.0. The largest absolute Gasteiger partial charge is 0.530 e. The van der Waals surface area contributed by atoms with Gasteiger partial charge in [0.2, 0.25) is 0 Å². The van der Waals surface area contributed by atoms with Crippen molar-refractivity contribution in [1.82, 2.24) is 0 Å². The quantitative estimate of drug-likeness (QED) is 0.265. The van der Waals surface area contributed by atoms with Crippen LogP contribution in [0.15, 0.2) is 0 Å². The zero-order valence-electron chi connectivity index (χ0n) is 16.3. The summed E-state index contributed by atoms with van der Waals surface area (Å²) >= 11 is 0. The van der Waals surface area contributed by atoms with E-state index in [0.29, 0.717) is 13.0 Å². The van der Waals surface area contributed by atoms with Gasteiger partial charge in [0.15, 0.2) is 0 Å². The Morgan fingerprint density at radius 3 is 1.62 bits per heavy atom. The average Bonchev–Trinajstić information content (AvgIpc) is 2.61. The first kappa shape index (κ1) is 24.0. The number of hydrogen-bond donors (Lipinski definition) is 0. The molecule has 5 nitrogen and oxygen atoms in total. The van der Waals surface area contributed by atoms with E-state index in [4.69, 9.17) is 18.0 Å². The van der Waals surface area contributed by atoms with Crippen LogP contribution in [-0.2, 0) is 23.1 Å². The van der Waals surface area contributed by atoms with Crippen molar-refractivity contribution in [2.24, 2.45) is 0 Å². The lowest BCUT2D eigenvalue weighted by Gasteiger charge is -2.31. The van der Waals surface area contributed by atoms with Crippen LogP contribution in [0.25, 0.3) is 0 Å². The number of unbranched alkanes of at least 4 members (excludes halogenated alkanes) is 9. The maximum Gasteiger partial charge on any atom is 0.530 e. The fourth-order valence-corrected chi connectivity index (χ4v) is 5.01. The van der Waals surface area contributed by atoms with Crippen molar-refractivity contribution in [2.75, 3.05) is 34.5 Å². The summed E-state index contributed by atoms with van der Waals surface area (Å²) in [5, 5.41) is 11.0. The minimum absolute atomic E-state index is 0.215. The molecular weight excluding hydrogens is 324 g/mol. The highest BCUT2D eigenvalue weighted by Crippen LogP contribution is 2.19. The summed E-state index contributed by atoms with van der Waals surface area (Å²) in [6, 6.07) is 0. The molecule has 0 aliphatic carbocycles. The van der Waals surface area contributed by atoms with Gasteiger partial charge in [-0.3, -0.25) is 0 Å². The van der Waals surface area contributed by atoms with Gasteiger partial charge in [0.05, 0.1) is 6.61 Å².